The summed E-state index contributed by atoms with van der Waals surface area (Å²) in [7, 11) is 0. The Hall–Kier alpha value is -2.41. The number of piperazine rings is 1. The van der Waals surface area contributed by atoms with Crippen LogP contribution in [-0.4, -0.2) is 73.3 Å². The van der Waals surface area contributed by atoms with E-state index >= 15 is 0 Å². The van der Waals surface area contributed by atoms with Crippen LogP contribution in [0.3, 0.4) is 0 Å². The first-order chi connectivity index (χ1) is 12.4. The van der Waals surface area contributed by atoms with Crippen LogP contribution in [0.4, 0.5) is 5.69 Å². The van der Waals surface area contributed by atoms with Crippen LogP contribution in [0.1, 0.15) is 31.1 Å². The molecule has 7 nitrogen and oxygen atoms in total. The molecule has 7 heteroatoms. The number of anilines is 1. The number of hydrogen-bond donors (Lipinski definition) is 2. The summed E-state index contributed by atoms with van der Waals surface area (Å²) >= 11 is 0. The maximum atomic E-state index is 12.3. The Balaban J connectivity index is 1.84. The first-order valence-corrected chi connectivity index (χ1v) is 9.22. The molecule has 1 aromatic rings. The normalized spacial score (nSPS) is 14.8. The van der Waals surface area contributed by atoms with Crippen molar-refractivity contribution in [2.24, 2.45) is 0 Å². The summed E-state index contributed by atoms with van der Waals surface area (Å²) in [5.74, 6) is 0.0348. The van der Waals surface area contributed by atoms with E-state index in [0.717, 1.165) is 13.1 Å². The second-order valence-corrected chi connectivity index (χ2v) is 6.54. The minimum atomic E-state index is -0.0564. The van der Waals surface area contributed by atoms with Crippen LogP contribution in [0, 0.1) is 0 Å². The molecule has 2 N–H and O–H groups in total. The predicted octanol–water partition coefficient (Wildman–Crippen LogP) is -0.146. The minimum Gasteiger partial charge on any atom is -0.339 e. The summed E-state index contributed by atoms with van der Waals surface area (Å²) in [6, 6.07) is 7.01. The first-order valence-electron chi connectivity index (χ1n) is 9.22. The SMILES string of the molecule is CCN(CC)C(=O)c1ccc(NC(=O)C[NH+]2CCN(C(C)=O)CC2)cc1. The molecule has 0 aliphatic carbocycles. The average Bonchev–Trinajstić information content (AvgIpc) is 2.63. The van der Waals surface area contributed by atoms with Crippen LogP contribution in [-0.2, 0) is 9.59 Å². The van der Waals surface area contributed by atoms with Crippen molar-refractivity contribution >= 4 is 23.4 Å². The third-order valence-corrected chi connectivity index (χ3v) is 4.79. The molecule has 3 amide bonds. The molecule has 0 spiro atoms. The molecule has 1 fully saturated rings. The number of carbonyl (C=O) groups excluding carboxylic acids is 3. The fourth-order valence-electron chi connectivity index (χ4n) is 3.14. The van der Waals surface area contributed by atoms with Crippen molar-refractivity contribution in [2.45, 2.75) is 20.8 Å². The smallest absolute Gasteiger partial charge is 0.279 e. The number of hydrogen-bond acceptors (Lipinski definition) is 3. The second kappa shape index (κ2) is 9.33. The molecule has 1 aliphatic rings. The number of quaternary nitrogens is 1. The number of carbonyl (C=O) groups is 3. The molecule has 2 rings (SSSR count). The topological polar surface area (TPSA) is 74.2 Å². The molecular weight excluding hydrogens is 332 g/mol. The highest BCUT2D eigenvalue weighted by Crippen LogP contribution is 2.11. The van der Waals surface area contributed by atoms with Crippen molar-refractivity contribution in [1.82, 2.24) is 9.80 Å². The van der Waals surface area contributed by atoms with E-state index in [1.54, 1.807) is 36.1 Å². The molecule has 26 heavy (non-hydrogen) atoms. The van der Waals surface area contributed by atoms with Gasteiger partial charge in [-0.1, -0.05) is 0 Å². The number of rotatable bonds is 6. The quantitative estimate of drug-likeness (QED) is 0.740. The molecule has 1 aromatic carbocycles. The standard InChI is InChI=1S/C19H28N4O3/c1-4-22(5-2)19(26)16-6-8-17(9-7-16)20-18(25)14-21-10-12-23(13-11-21)15(3)24/h6-9H,4-5,10-14H2,1-3H3,(H,20,25)/p+1. The zero-order valence-corrected chi connectivity index (χ0v) is 15.9. The summed E-state index contributed by atoms with van der Waals surface area (Å²) in [6.45, 7) is 10.2. The van der Waals surface area contributed by atoms with Gasteiger partial charge in [0.05, 0.1) is 26.2 Å². The van der Waals surface area contributed by atoms with Crippen molar-refractivity contribution in [3.63, 3.8) is 0 Å². The van der Waals surface area contributed by atoms with Gasteiger partial charge < -0.3 is 20.0 Å². The fraction of sp³-hybridized carbons (Fsp3) is 0.526. The van der Waals surface area contributed by atoms with Crippen molar-refractivity contribution in [3.05, 3.63) is 29.8 Å². The van der Waals surface area contributed by atoms with Crippen LogP contribution in [0.2, 0.25) is 0 Å². The van der Waals surface area contributed by atoms with Gasteiger partial charge in [0, 0.05) is 31.3 Å². The zero-order valence-electron chi connectivity index (χ0n) is 15.9. The predicted molar refractivity (Wildman–Crippen MR) is 100 cm³/mol. The molecule has 1 aliphatic heterocycles. The number of amides is 3. The van der Waals surface area contributed by atoms with Crippen LogP contribution in [0.15, 0.2) is 24.3 Å². The Kier molecular flexibility index (Phi) is 7.15. The van der Waals surface area contributed by atoms with E-state index in [0.29, 0.717) is 44.0 Å². The largest absolute Gasteiger partial charge is 0.339 e. The molecule has 1 saturated heterocycles. The Morgan fingerprint density at radius 3 is 2.15 bits per heavy atom. The van der Waals surface area contributed by atoms with Gasteiger partial charge in [0.2, 0.25) is 5.91 Å². The van der Waals surface area contributed by atoms with Crippen molar-refractivity contribution in [1.29, 1.82) is 0 Å². The van der Waals surface area contributed by atoms with E-state index in [2.05, 4.69) is 5.32 Å². The van der Waals surface area contributed by atoms with Gasteiger partial charge >= 0.3 is 0 Å². The number of nitrogens with one attached hydrogen (secondary N) is 2. The maximum Gasteiger partial charge on any atom is 0.279 e. The molecule has 1 heterocycles. The highest BCUT2D eigenvalue weighted by Gasteiger charge is 2.23. The van der Waals surface area contributed by atoms with Crippen LogP contribution in [0.25, 0.3) is 0 Å². The van der Waals surface area contributed by atoms with Gasteiger partial charge in [-0.3, -0.25) is 14.4 Å². The van der Waals surface area contributed by atoms with Crippen molar-refractivity contribution in [2.75, 3.05) is 51.1 Å². The van der Waals surface area contributed by atoms with Gasteiger partial charge in [-0.2, -0.15) is 0 Å². The lowest BCUT2D eigenvalue weighted by molar-refractivity contribution is -0.895. The van der Waals surface area contributed by atoms with E-state index in [1.807, 2.05) is 18.7 Å². The lowest BCUT2D eigenvalue weighted by Gasteiger charge is -2.31. The molecule has 0 radical (unpaired) electrons. The average molecular weight is 361 g/mol. The Morgan fingerprint density at radius 1 is 1.08 bits per heavy atom. The lowest BCUT2D eigenvalue weighted by Crippen LogP contribution is -3.15. The van der Waals surface area contributed by atoms with Gasteiger partial charge in [-0.25, -0.2) is 0 Å². The molecule has 0 atom stereocenters. The van der Waals surface area contributed by atoms with Gasteiger partial charge in [-0.15, -0.1) is 0 Å². The summed E-state index contributed by atoms with van der Waals surface area (Å²) in [6.07, 6.45) is 0. The van der Waals surface area contributed by atoms with E-state index < -0.39 is 0 Å². The van der Waals surface area contributed by atoms with Crippen LogP contribution >= 0.6 is 0 Å². The third kappa shape index (κ3) is 5.29. The molecule has 0 unspecified atom stereocenters. The van der Waals surface area contributed by atoms with Crippen molar-refractivity contribution < 1.29 is 19.3 Å². The fourth-order valence-corrected chi connectivity index (χ4v) is 3.14. The van der Waals surface area contributed by atoms with Gasteiger partial charge in [0.1, 0.15) is 0 Å². The molecular formula is C19H29N4O3+. The molecule has 0 saturated carbocycles. The van der Waals surface area contributed by atoms with E-state index in [4.69, 9.17) is 0 Å². The molecule has 0 bridgehead atoms. The van der Waals surface area contributed by atoms with E-state index in [1.165, 1.54) is 4.90 Å². The molecule has 0 aromatic heterocycles. The van der Waals surface area contributed by atoms with Gasteiger partial charge in [0.25, 0.3) is 11.8 Å². The minimum absolute atomic E-state index is 0.000614. The molecule has 142 valence electrons. The highest BCUT2D eigenvalue weighted by atomic mass is 16.2. The van der Waals surface area contributed by atoms with Gasteiger partial charge in [0.15, 0.2) is 6.54 Å². The lowest BCUT2D eigenvalue weighted by atomic mass is 10.1. The number of nitrogens with zero attached hydrogens (tertiary/aromatic N) is 2. The summed E-state index contributed by atoms with van der Waals surface area (Å²) in [5.41, 5.74) is 1.31. The maximum absolute atomic E-state index is 12.3. The summed E-state index contributed by atoms with van der Waals surface area (Å²) in [4.78, 5) is 40.6. The highest BCUT2D eigenvalue weighted by molar-refractivity contribution is 5.96. The first kappa shape index (κ1) is 19.9. The van der Waals surface area contributed by atoms with Crippen LogP contribution in [0.5, 0.6) is 0 Å². The van der Waals surface area contributed by atoms with E-state index in [9.17, 15) is 14.4 Å². The Bertz CT molecular complexity index is 633. The van der Waals surface area contributed by atoms with E-state index in [-0.39, 0.29) is 17.7 Å². The second-order valence-electron chi connectivity index (χ2n) is 6.54. The third-order valence-electron chi connectivity index (χ3n) is 4.79. The Labute approximate surface area is 154 Å². The summed E-state index contributed by atoms with van der Waals surface area (Å²) < 4.78 is 0. The summed E-state index contributed by atoms with van der Waals surface area (Å²) in [5, 5.41) is 2.88. The van der Waals surface area contributed by atoms with Crippen molar-refractivity contribution in [3.8, 4) is 0 Å². The monoisotopic (exact) mass is 361 g/mol. The van der Waals surface area contributed by atoms with Gasteiger partial charge in [-0.05, 0) is 38.1 Å². The zero-order chi connectivity index (χ0) is 19.1. The van der Waals surface area contributed by atoms with Crippen LogP contribution < -0.4 is 10.2 Å². The number of benzene rings is 1. The Morgan fingerprint density at radius 2 is 1.65 bits per heavy atom.